The summed E-state index contributed by atoms with van der Waals surface area (Å²) in [4.78, 5) is 0. The van der Waals surface area contributed by atoms with Crippen LogP contribution in [0.25, 0.3) is 0 Å². The monoisotopic (exact) mass is 662 g/mol. The molecule has 4 aliphatic heterocycles. The highest BCUT2D eigenvalue weighted by molar-refractivity contribution is 7.99. The summed E-state index contributed by atoms with van der Waals surface area (Å²) in [6.45, 7) is 12.0. The van der Waals surface area contributed by atoms with E-state index in [2.05, 4.69) is 86.9 Å². The van der Waals surface area contributed by atoms with Gasteiger partial charge in [-0.05, 0) is 0 Å². The Labute approximate surface area is 264 Å². The van der Waals surface area contributed by atoms with Crippen molar-refractivity contribution in [2.24, 2.45) is 0 Å². The Kier molecular flexibility index (Phi) is 9.44. The van der Waals surface area contributed by atoms with E-state index in [1.165, 1.54) is 0 Å². The predicted molar refractivity (Wildman–Crippen MR) is 204 cm³/mol. The van der Waals surface area contributed by atoms with Gasteiger partial charge in [0.1, 0.15) is 0 Å². The number of hydrogen-bond acceptors (Lipinski definition) is 0. The van der Waals surface area contributed by atoms with Crippen LogP contribution in [0.3, 0.4) is 0 Å². The number of fused-ring (bicyclic) bond motifs is 3. The van der Waals surface area contributed by atoms with Gasteiger partial charge in [0.25, 0.3) is 0 Å². The maximum Gasteiger partial charge on any atom is 0.0716 e. The molecule has 0 unspecified atom stereocenters. The highest BCUT2D eigenvalue weighted by atomic mass is 30.0. The lowest BCUT2D eigenvalue weighted by Gasteiger charge is -2.69. The fourth-order valence-corrected chi connectivity index (χ4v) is 190. The lowest BCUT2D eigenvalue weighted by molar-refractivity contribution is 0.738. The van der Waals surface area contributed by atoms with Crippen LogP contribution in [0.4, 0.5) is 0 Å². The summed E-state index contributed by atoms with van der Waals surface area (Å²) in [6.07, 6.45) is 19.4. The Balaban J connectivity index is 1.69. The standard InChI is InChI=1S/C36H62Si6/c1-37(2,35-23-11-5-12-24-35)39-27-15-7-19-31-41(39,32-20-8-16-28-39)42-33-21-9-17-29-40(42,30-18-10-22-34-42)38(3,4)36-25-13-6-14-26-36/h5-6,11-14,23-26H,7-10,15-22,27-34H2,1-4H3. The SMILES string of the molecule is C[Si](C)(c1ccccc1)[Si]12CCCCC[Si]1([Si]13CCCCC[Si]1([Si](C)(C)c1ccccc1)CCCCC3)CCCCC2. The molecule has 4 heterocycles. The first-order valence-corrected chi connectivity index (χ1v) is 39.1. The van der Waals surface area contributed by atoms with Crippen molar-refractivity contribution in [2.75, 3.05) is 0 Å². The normalized spacial score (nSPS) is 35.0. The van der Waals surface area contributed by atoms with Gasteiger partial charge in [-0.1, -0.05) is 223 Å². The van der Waals surface area contributed by atoms with Gasteiger partial charge in [0.05, 0.1) is 15.2 Å². The van der Waals surface area contributed by atoms with Crippen LogP contribution < -0.4 is 10.4 Å². The molecule has 6 heteroatoms. The molecule has 0 atom stereocenters. The molecule has 0 amide bonds. The van der Waals surface area contributed by atoms with Crippen LogP contribution >= 0.6 is 0 Å². The fraction of sp³-hybridized carbons (Fsp3) is 0.667. The zero-order valence-corrected chi connectivity index (χ0v) is 33.9. The van der Waals surface area contributed by atoms with E-state index in [1.54, 1.807) is 101 Å². The van der Waals surface area contributed by atoms with E-state index in [0.717, 1.165) is 0 Å². The van der Waals surface area contributed by atoms with Crippen molar-refractivity contribution < 1.29 is 0 Å². The Morgan fingerprint density at radius 3 is 0.905 bits per heavy atom. The average molecular weight is 663 g/mol. The molecule has 0 saturated carbocycles. The van der Waals surface area contributed by atoms with Crippen molar-refractivity contribution in [1.82, 2.24) is 0 Å². The summed E-state index contributed by atoms with van der Waals surface area (Å²) >= 11 is 0. The third-order valence-electron chi connectivity index (χ3n) is 15.0. The van der Waals surface area contributed by atoms with Crippen LogP contribution in [0.2, 0.25) is 74.5 Å². The van der Waals surface area contributed by atoms with Crippen molar-refractivity contribution in [1.29, 1.82) is 0 Å². The first-order chi connectivity index (χ1) is 20.3. The molecule has 4 saturated heterocycles. The lowest BCUT2D eigenvalue weighted by atomic mass is 10.3. The first-order valence-electron chi connectivity index (χ1n) is 18.4. The third kappa shape index (κ3) is 4.69. The largest absolute Gasteiger partial charge is 0.0716 e. The Bertz CT molecular complexity index is 1050. The zero-order valence-electron chi connectivity index (χ0n) is 27.9. The molecular formula is C36H62Si6. The average Bonchev–Trinajstić information content (AvgIpc) is 3.48. The maximum atomic E-state index is 3.01. The topological polar surface area (TPSA) is 0 Å². The van der Waals surface area contributed by atoms with E-state index in [9.17, 15) is 0 Å². The van der Waals surface area contributed by atoms with Gasteiger partial charge in [-0.3, -0.25) is 0 Å². The minimum atomic E-state index is -1.60. The van der Waals surface area contributed by atoms with Crippen molar-refractivity contribution in [3.05, 3.63) is 60.7 Å². The summed E-state index contributed by atoms with van der Waals surface area (Å²) in [5.74, 6) is 0. The van der Waals surface area contributed by atoms with Gasteiger partial charge in [-0.2, -0.15) is 0 Å². The molecule has 2 aromatic rings. The third-order valence-corrected chi connectivity index (χ3v) is 127. The zero-order chi connectivity index (χ0) is 29.4. The molecule has 0 N–H and O–H groups in total. The van der Waals surface area contributed by atoms with E-state index in [1.807, 2.05) is 34.5 Å². The highest BCUT2D eigenvalue weighted by Crippen LogP contribution is 2.60. The molecule has 0 aliphatic carbocycles. The molecule has 4 aliphatic rings. The predicted octanol–water partition coefficient (Wildman–Crippen LogP) is 10.1. The van der Waals surface area contributed by atoms with Gasteiger partial charge in [0, 0.05) is 28.4 Å². The Morgan fingerprint density at radius 1 is 0.357 bits per heavy atom. The lowest BCUT2D eigenvalue weighted by Crippen LogP contribution is -2.95. The molecule has 0 bridgehead atoms. The van der Waals surface area contributed by atoms with Gasteiger partial charge in [0.15, 0.2) is 0 Å². The van der Waals surface area contributed by atoms with Crippen LogP contribution in [0, 0.1) is 0 Å². The van der Waals surface area contributed by atoms with Crippen molar-refractivity contribution in [2.45, 2.75) is 152 Å². The Morgan fingerprint density at radius 2 is 0.619 bits per heavy atom. The second-order valence-electron chi connectivity index (χ2n) is 16.6. The van der Waals surface area contributed by atoms with Gasteiger partial charge in [-0.15, -0.1) is 0 Å². The fourth-order valence-electron chi connectivity index (χ4n) is 13.1. The molecule has 0 aromatic heterocycles. The van der Waals surface area contributed by atoms with Crippen molar-refractivity contribution in [3.8, 4) is 0 Å². The van der Waals surface area contributed by atoms with Gasteiger partial charge >= 0.3 is 0 Å². The Hall–Kier alpha value is -0.259. The molecule has 42 heavy (non-hydrogen) atoms. The van der Waals surface area contributed by atoms with Gasteiger partial charge in [0.2, 0.25) is 0 Å². The summed E-state index contributed by atoms with van der Waals surface area (Å²) in [6, 6.07) is 39.5. The van der Waals surface area contributed by atoms with Gasteiger partial charge < -0.3 is 0 Å². The van der Waals surface area contributed by atoms with E-state index in [4.69, 9.17) is 0 Å². The molecule has 230 valence electrons. The molecule has 0 radical (unpaired) electrons. The molecular weight excluding hydrogens is 601 g/mol. The number of hydrogen-bond donors (Lipinski definition) is 0. The molecule has 6 rings (SSSR count). The molecule has 4 fully saturated rings. The second-order valence-corrected chi connectivity index (χ2v) is 73.3. The van der Waals surface area contributed by atoms with Crippen LogP contribution in [-0.2, 0) is 0 Å². The summed E-state index contributed by atoms with van der Waals surface area (Å²) in [5.41, 5.74) is 0. The van der Waals surface area contributed by atoms with Crippen LogP contribution in [-0.4, -0.2) is 43.6 Å². The van der Waals surface area contributed by atoms with E-state index >= 15 is 0 Å². The van der Waals surface area contributed by atoms with E-state index in [-0.39, 0.29) is 0 Å². The summed E-state index contributed by atoms with van der Waals surface area (Å²) < 4.78 is 0. The quantitative estimate of drug-likeness (QED) is 0.280. The summed E-state index contributed by atoms with van der Waals surface area (Å²) in [7, 11) is -9.18. The van der Waals surface area contributed by atoms with Crippen LogP contribution in [0.15, 0.2) is 60.7 Å². The van der Waals surface area contributed by atoms with Crippen LogP contribution in [0.1, 0.15) is 77.0 Å². The molecule has 0 spiro atoms. The van der Waals surface area contributed by atoms with Crippen LogP contribution in [0.5, 0.6) is 0 Å². The van der Waals surface area contributed by atoms with E-state index < -0.39 is 43.6 Å². The molecule has 0 nitrogen and oxygen atoms in total. The smallest absolute Gasteiger partial charge is 0.0676 e. The van der Waals surface area contributed by atoms with Crippen molar-refractivity contribution in [3.63, 3.8) is 0 Å². The van der Waals surface area contributed by atoms with Gasteiger partial charge in [-0.25, -0.2) is 0 Å². The highest BCUT2D eigenvalue weighted by Gasteiger charge is 2.76. The number of rotatable bonds is 5. The maximum absolute atomic E-state index is 3.01. The number of benzene rings is 2. The minimum Gasteiger partial charge on any atom is -0.0676 e. The van der Waals surface area contributed by atoms with Crippen molar-refractivity contribution >= 4 is 54.0 Å². The second kappa shape index (κ2) is 12.5. The minimum absolute atomic E-state index is 1.49. The summed E-state index contributed by atoms with van der Waals surface area (Å²) in [5, 5.41) is 3.80. The molecule has 2 aromatic carbocycles. The van der Waals surface area contributed by atoms with E-state index in [0.29, 0.717) is 0 Å². The first kappa shape index (κ1) is 31.7.